The fourth-order valence-electron chi connectivity index (χ4n) is 2.42. The molecule has 3 heterocycles. The average Bonchev–Trinajstić information content (AvgIpc) is 3.34. The second kappa shape index (κ2) is 7.99. The number of amides is 1. The summed E-state index contributed by atoms with van der Waals surface area (Å²) in [6.45, 7) is 0. The molecule has 0 saturated carbocycles. The fourth-order valence-corrected chi connectivity index (χ4v) is 4.34. The number of nitrogens with one attached hydrogen (secondary N) is 1. The van der Waals surface area contributed by atoms with Gasteiger partial charge in [0, 0.05) is 40.0 Å². The summed E-state index contributed by atoms with van der Waals surface area (Å²) in [5.41, 5.74) is 3.08. The Balaban J connectivity index is 1.31. The van der Waals surface area contributed by atoms with Crippen molar-refractivity contribution in [3.8, 4) is 11.3 Å². The first-order valence-corrected chi connectivity index (χ1v) is 10.8. The van der Waals surface area contributed by atoms with Crippen LogP contribution in [0, 0.1) is 0 Å². The van der Waals surface area contributed by atoms with Gasteiger partial charge in [0.2, 0.25) is 5.91 Å². The largest absolute Gasteiger partial charge is 0.325 e. The van der Waals surface area contributed by atoms with Gasteiger partial charge in [-0.05, 0) is 23.7 Å². The summed E-state index contributed by atoms with van der Waals surface area (Å²) in [5, 5.41) is 10.6. The summed E-state index contributed by atoms with van der Waals surface area (Å²) in [7, 11) is 0. The lowest BCUT2D eigenvalue weighted by molar-refractivity contribution is -0.113. The number of anilines is 1. The number of hydrogen-bond acceptors (Lipinski definition) is 8. The van der Waals surface area contributed by atoms with E-state index in [-0.39, 0.29) is 17.2 Å². The highest BCUT2D eigenvalue weighted by atomic mass is 32.2. The highest BCUT2D eigenvalue weighted by Gasteiger charge is 2.07. The minimum Gasteiger partial charge on any atom is -0.325 e. The van der Waals surface area contributed by atoms with Crippen LogP contribution in [-0.4, -0.2) is 30.6 Å². The van der Waals surface area contributed by atoms with E-state index in [9.17, 15) is 9.59 Å². The molecule has 0 aliphatic rings. The molecule has 3 aromatic heterocycles. The van der Waals surface area contributed by atoms with Crippen LogP contribution < -0.4 is 10.9 Å². The van der Waals surface area contributed by atoms with Crippen molar-refractivity contribution < 1.29 is 4.79 Å². The van der Waals surface area contributed by atoms with Gasteiger partial charge in [-0.15, -0.1) is 28.2 Å². The summed E-state index contributed by atoms with van der Waals surface area (Å²) in [6.07, 6.45) is 1.70. The first kappa shape index (κ1) is 17.8. The molecule has 1 N–H and O–H groups in total. The Morgan fingerprint density at radius 1 is 1.26 bits per heavy atom. The predicted octanol–water partition coefficient (Wildman–Crippen LogP) is 3.15. The fraction of sp³-hybridized carbons (Fsp3) is 0.118. The van der Waals surface area contributed by atoms with E-state index in [0.717, 1.165) is 16.9 Å². The number of thioether (sulfide) groups is 1. The predicted molar refractivity (Wildman–Crippen MR) is 109 cm³/mol. The highest BCUT2D eigenvalue weighted by molar-refractivity contribution is 7.99. The van der Waals surface area contributed by atoms with E-state index in [1.807, 2.05) is 35.0 Å². The Hall–Kier alpha value is -2.56. The molecule has 4 aromatic rings. The SMILES string of the molecule is O=C(CSCc1cc(=O)n2ccsc2n1)Nc1ccc(-c2csnn2)cc1. The van der Waals surface area contributed by atoms with Gasteiger partial charge in [-0.1, -0.05) is 16.6 Å². The van der Waals surface area contributed by atoms with Crippen LogP contribution in [0.5, 0.6) is 0 Å². The average molecular weight is 416 g/mol. The van der Waals surface area contributed by atoms with Gasteiger partial charge in [0.05, 0.1) is 11.4 Å². The second-order valence-corrected chi connectivity index (χ2v) is 8.02. The molecule has 0 aliphatic carbocycles. The Kier molecular flexibility index (Phi) is 5.28. The van der Waals surface area contributed by atoms with Gasteiger partial charge in [0.15, 0.2) is 4.96 Å². The molecule has 27 heavy (non-hydrogen) atoms. The maximum atomic E-state index is 12.1. The van der Waals surface area contributed by atoms with E-state index in [0.29, 0.717) is 16.4 Å². The first-order chi connectivity index (χ1) is 13.2. The number of nitrogens with zero attached hydrogens (tertiary/aromatic N) is 4. The van der Waals surface area contributed by atoms with E-state index in [4.69, 9.17) is 0 Å². The molecule has 0 saturated heterocycles. The summed E-state index contributed by atoms with van der Waals surface area (Å²) >= 11 is 4.13. The van der Waals surface area contributed by atoms with Crippen LogP contribution in [-0.2, 0) is 10.5 Å². The molecule has 0 radical (unpaired) electrons. The lowest BCUT2D eigenvalue weighted by atomic mass is 10.1. The molecular weight excluding hydrogens is 402 g/mol. The first-order valence-electron chi connectivity index (χ1n) is 7.90. The highest BCUT2D eigenvalue weighted by Crippen LogP contribution is 2.20. The minimum absolute atomic E-state index is 0.100. The van der Waals surface area contributed by atoms with Crippen LogP contribution in [0.3, 0.4) is 0 Å². The minimum atomic E-state index is -0.100. The van der Waals surface area contributed by atoms with E-state index < -0.39 is 0 Å². The van der Waals surface area contributed by atoms with Gasteiger partial charge in [0.25, 0.3) is 5.56 Å². The van der Waals surface area contributed by atoms with Crippen LogP contribution in [0.2, 0.25) is 0 Å². The summed E-state index contributed by atoms with van der Waals surface area (Å²) < 4.78 is 5.35. The lowest BCUT2D eigenvalue weighted by Gasteiger charge is -2.06. The van der Waals surface area contributed by atoms with E-state index in [1.54, 1.807) is 6.20 Å². The number of thiazole rings is 1. The van der Waals surface area contributed by atoms with Gasteiger partial charge >= 0.3 is 0 Å². The van der Waals surface area contributed by atoms with Gasteiger partial charge in [0.1, 0.15) is 5.69 Å². The van der Waals surface area contributed by atoms with Crippen molar-refractivity contribution in [2.75, 3.05) is 11.1 Å². The second-order valence-electron chi connectivity index (χ2n) is 5.55. The third-order valence-corrected chi connectivity index (χ3v) is 5.89. The number of carbonyl (C=O) groups excluding carboxylic acids is 1. The summed E-state index contributed by atoms with van der Waals surface area (Å²) in [5.74, 6) is 0.688. The van der Waals surface area contributed by atoms with Crippen LogP contribution in [0.25, 0.3) is 16.2 Å². The normalized spacial score (nSPS) is 11.0. The molecular formula is C17H13N5O2S3. The van der Waals surface area contributed by atoms with Crippen molar-refractivity contribution >= 4 is 51.2 Å². The Morgan fingerprint density at radius 2 is 2.11 bits per heavy atom. The Morgan fingerprint density at radius 3 is 2.89 bits per heavy atom. The molecule has 0 aliphatic heterocycles. The zero-order chi connectivity index (χ0) is 18.6. The van der Waals surface area contributed by atoms with Crippen LogP contribution in [0.15, 0.2) is 52.1 Å². The van der Waals surface area contributed by atoms with Crippen molar-refractivity contribution in [2.24, 2.45) is 0 Å². The molecule has 4 rings (SSSR count). The maximum absolute atomic E-state index is 12.1. The van der Waals surface area contributed by atoms with E-state index in [1.165, 1.54) is 45.1 Å². The third-order valence-electron chi connectivity index (χ3n) is 3.66. The molecule has 1 amide bonds. The number of aromatic nitrogens is 4. The standard InChI is InChI=1S/C17H13N5O2S3/c23-15(18-12-3-1-11(2-4-12)14-9-27-21-20-14)10-25-8-13-7-16(24)22-5-6-26-17(22)19-13/h1-7,9H,8,10H2,(H,18,23). The number of rotatable bonds is 6. The molecule has 0 fully saturated rings. The molecule has 10 heteroatoms. The smallest absolute Gasteiger partial charge is 0.258 e. The molecule has 0 spiro atoms. The topological polar surface area (TPSA) is 89.2 Å². The van der Waals surface area contributed by atoms with Gasteiger partial charge in [-0.2, -0.15) is 0 Å². The molecule has 0 unspecified atom stereocenters. The summed E-state index contributed by atoms with van der Waals surface area (Å²) in [4.78, 5) is 29.2. The van der Waals surface area contributed by atoms with Crippen molar-refractivity contribution in [2.45, 2.75) is 5.75 Å². The van der Waals surface area contributed by atoms with Crippen molar-refractivity contribution in [1.82, 2.24) is 19.0 Å². The number of carbonyl (C=O) groups is 1. The zero-order valence-electron chi connectivity index (χ0n) is 13.9. The van der Waals surface area contributed by atoms with E-state index in [2.05, 4.69) is 19.9 Å². The van der Waals surface area contributed by atoms with Crippen LogP contribution in [0.1, 0.15) is 5.69 Å². The monoisotopic (exact) mass is 415 g/mol. The lowest BCUT2D eigenvalue weighted by Crippen LogP contribution is -2.15. The Labute approximate surface area is 166 Å². The molecule has 136 valence electrons. The molecule has 0 atom stereocenters. The Bertz CT molecular complexity index is 1120. The van der Waals surface area contributed by atoms with Crippen molar-refractivity contribution in [3.05, 3.63) is 63.3 Å². The van der Waals surface area contributed by atoms with Crippen molar-refractivity contribution in [3.63, 3.8) is 0 Å². The molecule has 0 bridgehead atoms. The molecule has 7 nitrogen and oxygen atoms in total. The van der Waals surface area contributed by atoms with Gasteiger partial charge < -0.3 is 5.32 Å². The van der Waals surface area contributed by atoms with Crippen molar-refractivity contribution in [1.29, 1.82) is 0 Å². The zero-order valence-corrected chi connectivity index (χ0v) is 16.3. The third kappa shape index (κ3) is 4.24. The van der Waals surface area contributed by atoms with Gasteiger partial charge in [-0.25, -0.2) is 4.98 Å². The number of benzene rings is 1. The van der Waals surface area contributed by atoms with Crippen LogP contribution >= 0.6 is 34.6 Å². The summed E-state index contributed by atoms with van der Waals surface area (Å²) in [6, 6.07) is 8.98. The van der Waals surface area contributed by atoms with E-state index >= 15 is 0 Å². The number of fused-ring (bicyclic) bond motifs is 1. The van der Waals surface area contributed by atoms with Gasteiger partial charge in [-0.3, -0.25) is 14.0 Å². The quantitative estimate of drug-likeness (QED) is 0.520. The number of hydrogen-bond donors (Lipinski definition) is 1. The van der Waals surface area contributed by atoms with Crippen LogP contribution in [0.4, 0.5) is 5.69 Å². The maximum Gasteiger partial charge on any atom is 0.258 e. The molecule has 1 aromatic carbocycles.